The molecule has 3 atom stereocenters. The van der Waals surface area contributed by atoms with Gasteiger partial charge in [0, 0.05) is 24.9 Å². The number of nitrogens with one attached hydrogen (secondary N) is 1. The lowest BCUT2D eigenvalue weighted by molar-refractivity contribution is -0.211. The van der Waals surface area contributed by atoms with Gasteiger partial charge in [0.25, 0.3) is 5.91 Å². The summed E-state index contributed by atoms with van der Waals surface area (Å²) in [5.74, 6) is -1.34. The predicted octanol–water partition coefficient (Wildman–Crippen LogP) is 4.37. The van der Waals surface area contributed by atoms with Gasteiger partial charge in [-0.3, -0.25) is 9.48 Å². The second kappa shape index (κ2) is 12.2. The highest BCUT2D eigenvalue weighted by Gasteiger charge is 2.47. The number of ether oxygens (including phenoxy) is 1. The Kier molecular flexibility index (Phi) is 9.92. The number of halogens is 6. The third kappa shape index (κ3) is 7.34. The molecule has 16 heteroatoms. The Balaban J connectivity index is 1.91. The number of benzene rings is 1. The van der Waals surface area contributed by atoms with Crippen LogP contribution in [0, 0.1) is 5.41 Å². The van der Waals surface area contributed by atoms with Crippen LogP contribution in [0.3, 0.4) is 0 Å². The van der Waals surface area contributed by atoms with Crippen LogP contribution in [-0.2, 0) is 22.8 Å². The van der Waals surface area contributed by atoms with E-state index in [1.165, 1.54) is 16.8 Å². The normalized spacial score (nSPS) is 21.9. The molecule has 42 heavy (non-hydrogen) atoms. The minimum Gasteiger partial charge on any atom is -0.434 e. The lowest BCUT2D eigenvalue weighted by Gasteiger charge is -2.39. The van der Waals surface area contributed by atoms with Crippen molar-refractivity contribution in [2.45, 2.75) is 82.7 Å². The average molecular weight is 646 g/mol. The summed E-state index contributed by atoms with van der Waals surface area (Å²) >= 11 is 6.49. The van der Waals surface area contributed by atoms with Crippen molar-refractivity contribution in [3.05, 3.63) is 34.5 Å². The lowest BCUT2D eigenvalue weighted by atomic mass is 9.82. The summed E-state index contributed by atoms with van der Waals surface area (Å²) in [5, 5.41) is 26.8. The van der Waals surface area contributed by atoms with Crippen molar-refractivity contribution < 1.29 is 50.1 Å². The number of aliphatic hydroxyl groups is 2. The molecule has 0 aliphatic heterocycles. The maximum absolute atomic E-state index is 13.4. The molecule has 1 amide bonds. The van der Waals surface area contributed by atoms with Gasteiger partial charge in [-0.05, 0) is 50.3 Å². The standard InChI is InChI=1S/C26H33ClF5N3O6S/c1-5-35-21(16-7-6-14(10-17(16)41-23(28)29)12-24(2,3)26(30,31)32)19(27)20(34-35)22(37)33-13-25(38)9-8-15(11-18(25)36)42(4,39)40/h6-7,10,15,18,23,36,38H,5,8-9,11-13H2,1-4H3,(H,33,37)/t15?,18-,25?/m0/s1. The van der Waals surface area contributed by atoms with Crippen molar-refractivity contribution in [2.75, 3.05) is 12.8 Å². The van der Waals surface area contributed by atoms with E-state index >= 15 is 0 Å². The first-order chi connectivity index (χ1) is 19.2. The molecule has 1 aliphatic rings. The highest BCUT2D eigenvalue weighted by atomic mass is 35.5. The molecule has 1 saturated carbocycles. The van der Waals surface area contributed by atoms with Crippen molar-refractivity contribution in [1.29, 1.82) is 0 Å². The lowest BCUT2D eigenvalue weighted by Crippen LogP contribution is -2.56. The molecule has 0 saturated heterocycles. The summed E-state index contributed by atoms with van der Waals surface area (Å²) in [5.41, 5.74) is -4.30. The Morgan fingerprint density at radius 1 is 1.31 bits per heavy atom. The topological polar surface area (TPSA) is 131 Å². The molecule has 1 aromatic carbocycles. The van der Waals surface area contributed by atoms with Gasteiger partial charge in [-0.1, -0.05) is 31.5 Å². The molecule has 3 N–H and O–H groups in total. The maximum atomic E-state index is 13.4. The number of nitrogens with zero attached hydrogens (tertiary/aromatic N) is 2. The molecular weight excluding hydrogens is 613 g/mol. The van der Waals surface area contributed by atoms with Crippen molar-refractivity contribution in [3.63, 3.8) is 0 Å². The van der Waals surface area contributed by atoms with Gasteiger partial charge in [-0.2, -0.15) is 27.1 Å². The Bertz CT molecular complexity index is 1420. The minimum absolute atomic E-state index is 0.00555. The van der Waals surface area contributed by atoms with Crippen LogP contribution in [0.25, 0.3) is 11.3 Å². The fraction of sp³-hybridized carbons (Fsp3) is 0.615. The summed E-state index contributed by atoms with van der Waals surface area (Å²) in [6.07, 6.45) is -5.75. The van der Waals surface area contributed by atoms with Gasteiger partial charge < -0.3 is 20.3 Å². The first-order valence-corrected chi connectivity index (χ1v) is 15.3. The van der Waals surface area contributed by atoms with Crippen LogP contribution in [0.1, 0.15) is 56.1 Å². The van der Waals surface area contributed by atoms with Crippen molar-refractivity contribution in [1.82, 2.24) is 15.1 Å². The molecule has 2 unspecified atom stereocenters. The van der Waals surface area contributed by atoms with E-state index in [9.17, 15) is 45.4 Å². The fourth-order valence-corrected chi connectivity index (χ4v) is 6.22. The van der Waals surface area contributed by atoms with Crippen LogP contribution in [0.15, 0.2) is 18.2 Å². The Hall–Kier alpha value is -2.49. The number of sulfone groups is 1. The number of rotatable bonds is 10. The van der Waals surface area contributed by atoms with Crippen molar-refractivity contribution in [3.8, 4) is 17.0 Å². The third-order valence-electron chi connectivity index (χ3n) is 7.51. The molecule has 0 bridgehead atoms. The number of aryl methyl sites for hydroxylation is 1. The van der Waals surface area contributed by atoms with E-state index in [1.807, 2.05) is 0 Å². The minimum atomic E-state index is -4.56. The van der Waals surface area contributed by atoms with Crippen LogP contribution in [0.5, 0.6) is 5.75 Å². The molecule has 1 fully saturated rings. The Labute approximate surface area is 244 Å². The van der Waals surface area contributed by atoms with Gasteiger partial charge in [-0.15, -0.1) is 0 Å². The highest BCUT2D eigenvalue weighted by molar-refractivity contribution is 7.91. The largest absolute Gasteiger partial charge is 0.434 e. The zero-order valence-electron chi connectivity index (χ0n) is 23.3. The summed E-state index contributed by atoms with van der Waals surface area (Å²) in [7, 11) is -3.45. The number of carbonyl (C=O) groups is 1. The summed E-state index contributed by atoms with van der Waals surface area (Å²) < 4.78 is 96.4. The molecule has 1 aromatic heterocycles. The van der Waals surface area contributed by atoms with E-state index in [0.717, 1.165) is 26.2 Å². The summed E-state index contributed by atoms with van der Waals surface area (Å²) in [6.45, 7) is -0.0854. The average Bonchev–Trinajstić information content (AvgIpc) is 3.18. The van der Waals surface area contributed by atoms with Gasteiger partial charge in [0.15, 0.2) is 5.69 Å². The van der Waals surface area contributed by atoms with E-state index in [4.69, 9.17) is 11.6 Å². The summed E-state index contributed by atoms with van der Waals surface area (Å²) in [6, 6.07) is 3.63. The molecule has 3 rings (SSSR count). The van der Waals surface area contributed by atoms with Crippen LogP contribution >= 0.6 is 11.6 Å². The number of aliphatic hydroxyl groups excluding tert-OH is 1. The third-order valence-corrected chi connectivity index (χ3v) is 9.50. The molecule has 2 aromatic rings. The van der Waals surface area contributed by atoms with E-state index in [2.05, 4.69) is 15.2 Å². The molecule has 1 heterocycles. The number of amides is 1. The highest BCUT2D eigenvalue weighted by Crippen LogP contribution is 2.43. The van der Waals surface area contributed by atoms with Crippen LogP contribution < -0.4 is 10.1 Å². The molecule has 0 spiro atoms. The molecule has 9 nitrogen and oxygen atoms in total. The predicted molar refractivity (Wildman–Crippen MR) is 144 cm³/mol. The van der Waals surface area contributed by atoms with Crippen LogP contribution in [-0.4, -0.2) is 76.9 Å². The Morgan fingerprint density at radius 2 is 1.95 bits per heavy atom. The van der Waals surface area contributed by atoms with E-state index in [0.29, 0.717) is 0 Å². The Morgan fingerprint density at radius 3 is 2.48 bits per heavy atom. The number of alkyl halides is 5. The quantitative estimate of drug-likeness (QED) is 0.327. The summed E-state index contributed by atoms with van der Waals surface area (Å²) in [4.78, 5) is 13.0. The van der Waals surface area contributed by atoms with Gasteiger partial charge in [0.05, 0.1) is 27.5 Å². The molecule has 1 aliphatic carbocycles. The second-order valence-corrected chi connectivity index (χ2v) is 13.8. The number of aromatic nitrogens is 2. The van der Waals surface area contributed by atoms with Crippen molar-refractivity contribution >= 4 is 27.3 Å². The first kappa shape index (κ1) is 34.0. The molecule has 236 valence electrons. The van der Waals surface area contributed by atoms with Gasteiger partial charge >= 0.3 is 12.8 Å². The molecular formula is C26H33ClF5N3O6S. The zero-order chi connectivity index (χ0) is 31.8. The number of carbonyl (C=O) groups excluding carboxylic acids is 1. The van der Waals surface area contributed by atoms with Gasteiger partial charge in [0.2, 0.25) is 0 Å². The molecule has 0 radical (unpaired) electrons. The number of hydrogen-bond donors (Lipinski definition) is 3. The first-order valence-electron chi connectivity index (χ1n) is 13.0. The van der Waals surface area contributed by atoms with Crippen molar-refractivity contribution in [2.24, 2.45) is 5.41 Å². The van der Waals surface area contributed by atoms with Gasteiger partial charge in [-0.25, -0.2) is 8.42 Å². The van der Waals surface area contributed by atoms with E-state index in [-0.39, 0.29) is 53.3 Å². The monoisotopic (exact) mass is 645 g/mol. The van der Waals surface area contributed by atoms with Crippen LogP contribution in [0.2, 0.25) is 5.02 Å². The smallest absolute Gasteiger partial charge is 0.394 e. The van der Waals surface area contributed by atoms with Gasteiger partial charge in [0.1, 0.15) is 21.2 Å². The van der Waals surface area contributed by atoms with Crippen LogP contribution in [0.4, 0.5) is 22.0 Å². The SMILES string of the molecule is CCn1nc(C(=O)NCC2(O)CCC(S(C)(=O)=O)C[C@@H]2O)c(Cl)c1-c1ccc(CC(C)(C)C(F)(F)F)cc1OC(F)F. The zero-order valence-corrected chi connectivity index (χ0v) is 24.9. The van der Waals surface area contributed by atoms with E-state index in [1.54, 1.807) is 6.92 Å². The van der Waals surface area contributed by atoms with E-state index < -0.39 is 69.6 Å². The second-order valence-electron chi connectivity index (χ2n) is 11.1. The fourth-order valence-electron chi connectivity index (χ4n) is 4.82. The maximum Gasteiger partial charge on any atom is 0.394 e. The number of hydrogen-bond acceptors (Lipinski definition) is 7.